The number of aliphatic hydroxyl groups is 13. The van der Waals surface area contributed by atoms with E-state index >= 15 is 0 Å². The van der Waals surface area contributed by atoms with Gasteiger partial charge >= 0.3 is 5.97 Å². The van der Waals surface area contributed by atoms with E-state index in [0.29, 0.717) is 38.5 Å². The number of ether oxygens (including phenoxy) is 7. The molecule has 56 heavy (non-hydrogen) atoms. The second-order valence-corrected chi connectivity index (χ2v) is 16.4. The molecule has 22 unspecified atom stereocenters. The number of hydrogen-bond acceptors (Lipinski definition) is 18. The van der Waals surface area contributed by atoms with E-state index in [2.05, 4.69) is 0 Å². The van der Waals surface area contributed by atoms with Gasteiger partial charge in [-0.1, -0.05) is 6.08 Å². The number of methoxy groups -OCH3 is 1. The van der Waals surface area contributed by atoms with Gasteiger partial charge in [0, 0.05) is 31.9 Å². The van der Waals surface area contributed by atoms with Crippen molar-refractivity contribution in [3.05, 3.63) is 12.2 Å². The van der Waals surface area contributed by atoms with Crippen LogP contribution in [-0.4, -0.2) is 204 Å². The molecule has 12 N–H and O–H groups in total. The molecule has 6 fully saturated rings. The first-order valence-electron chi connectivity index (χ1n) is 19.8. The van der Waals surface area contributed by atoms with Crippen LogP contribution in [0.25, 0.3) is 0 Å². The van der Waals surface area contributed by atoms with Crippen molar-refractivity contribution in [2.75, 3.05) is 20.3 Å². The number of aliphatic hydroxyl groups excluding tert-OH is 11. The summed E-state index contributed by atoms with van der Waals surface area (Å²) in [6, 6.07) is 0. The van der Waals surface area contributed by atoms with E-state index < -0.39 is 141 Å². The minimum absolute atomic E-state index is 0.145. The van der Waals surface area contributed by atoms with Crippen molar-refractivity contribution in [1.82, 2.24) is 0 Å². The molecule has 3 aliphatic carbocycles. The second kappa shape index (κ2) is 19.3. The van der Waals surface area contributed by atoms with E-state index in [9.17, 15) is 61.0 Å². The number of fused-ring (bicyclic) bond motifs is 1. The van der Waals surface area contributed by atoms with Crippen LogP contribution in [0.3, 0.4) is 0 Å². The van der Waals surface area contributed by atoms with Gasteiger partial charge in [0.2, 0.25) is 0 Å². The summed E-state index contributed by atoms with van der Waals surface area (Å²) in [6.07, 6.45) is -17.1. The van der Waals surface area contributed by atoms with E-state index in [1.165, 1.54) is 7.11 Å². The Labute approximate surface area is 324 Å². The van der Waals surface area contributed by atoms with Crippen LogP contribution in [0.15, 0.2) is 12.2 Å². The zero-order chi connectivity index (χ0) is 40.4. The number of carbonyl (C=O) groups excluding carboxylic acids is 1. The molecule has 3 aliphatic heterocycles. The second-order valence-electron chi connectivity index (χ2n) is 16.4. The zero-order valence-corrected chi connectivity index (χ0v) is 31.4. The molecule has 0 radical (unpaired) electrons. The van der Waals surface area contributed by atoms with Crippen molar-refractivity contribution in [3.8, 4) is 0 Å². The van der Waals surface area contributed by atoms with Gasteiger partial charge in [-0.15, -0.1) is 0 Å². The Hall–Kier alpha value is -1.47. The normalized spacial score (nSPS) is 50.4. The molecule has 22 atom stereocenters. The summed E-state index contributed by atoms with van der Waals surface area (Å²) in [7, 11) is 1.51. The van der Waals surface area contributed by atoms with Crippen LogP contribution < -0.4 is 0 Å². The summed E-state index contributed by atoms with van der Waals surface area (Å²) in [4.78, 5) is 12.5. The highest BCUT2D eigenvalue weighted by atomic mass is 16.8. The van der Waals surface area contributed by atoms with Gasteiger partial charge in [-0.25, -0.2) is 4.79 Å². The van der Waals surface area contributed by atoms with Crippen LogP contribution in [0.2, 0.25) is 0 Å². The van der Waals surface area contributed by atoms with Gasteiger partial charge in [-0.2, -0.15) is 0 Å². The molecule has 0 aromatic carbocycles. The van der Waals surface area contributed by atoms with Crippen LogP contribution >= 0.6 is 0 Å². The van der Waals surface area contributed by atoms with E-state index in [-0.39, 0.29) is 31.1 Å². The van der Waals surface area contributed by atoms with Gasteiger partial charge in [0.25, 0.3) is 0 Å². The molecule has 19 heteroatoms. The van der Waals surface area contributed by atoms with Crippen molar-refractivity contribution in [2.45, 2.75) is 174 Å². The largest absolute Gasteiger partial charge is 0.460 e. The molecule has 6 aliphatic rings. The third-order valence-corrected chi connectivity index (χ3v) is 12.7. The SMILES string of the molecule is COC1CC(C2[OH+]C3CC(O)CC(O)C3CC2OC2OC(CO)C(O)C(O)C2OC2OC(COC(=O)C=CC3CCC(O)C(O)C3)C(O)C(O)C2O)CCC1O. The van der Waals surface area contributed by atoms with Crippen molar-refractivity contribution in [3.63, 3.8) is 0 Å². The fraction of sp³-hybridized carbons (Fsp3) is 0.919. The molecule has 3 saturated carbocycles. The summed E-state index contributed by atoms with van der Waals surface area (Å²) < 4.78 is 40.1. The van der Waals surface area contributed by atoms with Gasteiger partial charge < -0.3 is 89.3 Å². The fourth-order valence-electron chi connectivity index (χ4n) is 9.31. The highest BCUT2D eigenvalue weighted by Gasteiger charge is 2.56. The maximum absolute atomic E-state index is 12.5. The van der Waals surface area contributed by atoms with E-state index in [1.54, 1.807) is 6.08 Å². The van der Waals surface area contributed by atoms with E-state index in [1.807, 2.05) is 0 Å². The molecule has 322 valence electrons. The maximum atomic E-state index is 12.5. The smallest absolute Gasteiger partial charge is 0.330 e. The fourth-order valence-corrected chi connectivity index (χ4v) is 9.31. The minimum atomic E-state index is -1.91. The summed E-state index contributed by atoms with van der Waals surface area (Å²) in [5.74, 6) is -1.57. The number of hydrogen-bond donors (Lipinski definition) is 11. The number of rotatable bonds is 11. The quantitative estimate of drug-likeness (QED) is 0.0533. The zero-order valence-electron chi connectivity index (χ0n) is 31.4. The van der Waals surface area contributed by atoms with Crippen molar-refractivity contribution >= 4 is 5.97 Å². The molecule has 0 bridgehead atoms. The number of allylic oxidation sites excluding steroid dienone is 1. The summed E-state index contributed by atoms with van der Waals surface area (Å²) in [5.41, 5.74) is 0. The third-order valence-electron chi connectivity index (χ3n) is 12.7. The number of esters is 1. The van der Waals surface area contributed by atoms with Crippen LogP contribution in [-0.2, 0) is 33.2 Å². The van der Waals surface area contributed by atoms with Gasteiger partial charge in [-0.05, 0) is 50.9 Å². The van der Waals surface area contributed by atoms with Crippen LogP contribution in [0.4, 0.5) is 0 Å². The summed E-state index contributed by atoms with van der Waals surface area (Å²) in [6.45, 7) is -1.32. The first-order chi connectivity index (χ1) is 26.7. The highest BCUT2D eigenvalue weighted by molar-refractivity contribution is 5.81. The molecular weight excluding hydrogens is 748 g/mol. The monoisotopic (exact) mass is 809 g/mol. The van der Waals surface area contributed by atoms with Crippen molar-refractivity contribution < 1.29 is 94.1 Å². The molecular formula is C37H61O19+. The lowest BCUT2D eigenvalue weighted by Gasteiger charge is -2.49. The Kier molecular flexibility index (Phi) is 15.2. The predicted molar refractivity (Wildman–Crippen MR) is 187 cm³/mol. The van der Waals surface area contributed by atoms with Crippen molar-refractivity contribution in [1.29, 1.82) is 0 Å². The predicted octanol–water partition coefficient (Wildman–Crippen LogP) is -4.40. The lowest BCUT2D eigenvalue weighted by atomic mass is 9.72. The first kappa shape index (κ1) is 44.1. The molecule has 6 rings (SSSR count). The third kappa shape index (κ3) is 9.93. The Morgan fingerprint density at radius 1 is 0.696 bits per heavy atom. The molecule has 19 nitrogen and oxygen atoms in total. The lowest BCUT2D eigenvalue weighted by Crippen LogP contribution is -2.66. The van der Waals surface area contributed by atoms with Gasteiger partial charge in [0.05, 0.1) is 49.1 Å². The van der Waals surface area contributed by atoms with Crippen LogP contribution in [0.5, 0.6) is 0 Å². The topological polar surface area (TPSA) is 308 Å². The van der Waals surface area contributed by atoms with E-state index in [4.69, 9.17) is 33.2 Å². The summed E-state index contributed by atoms with van der Waals surface area (Å²) in [5, 5.41) is 116. The first-order valence-corrected chi connectivity index (χ1v) is 19.8. The highest BCUT2D eigenvalue weighted by Crippen LogP contribution is 2.43. The van der Waals surface area contributed by atoms with E-state index in [0.717, 1.165) is 6.08 Å². The standard InChI is InChI=1S/C37H60O19/c1-50-24-9-16(4-6-20(24)41)34-25(12-18-21(42)10-17(39)11-23(18)52-34)53-37-35(32(48)29(45)26(13-38)54-37)56-36-33(49)31(47)30(46)27(55-36)14-51-28(44)7-3-15-2-5-19(40)22(43)8-15/h3,7,15-27,29-43,45-49H,2,4-6,8-14H2,1H3/p+1. The summed E-state index contributed by atoms with van der Waals surface area (Å²) >= 11 is 0. The minimum Gasteiger partial charge on any atom is -0.460 e. The van der Waals surface area contributed by atoms with Gasteiger partial charge in [-0.3, -0.25) is 0 Å². The molecule has 3 heterocycles. The average molecular weight is 810 g/mol. The van der Waals surface area contributed by atoms with Gasteiger partial charge in [0.15, 0.2) is 24.8 Å². The number of carbonyl (C=O) groups is 1. The maximum Gasteiger partial charge on any atom is 0.330 e. The molecule has 0 aromatic heterocycles. The van der Waals surface area contributed by atoms with Gasteiger partial charge in [0.1, 0.15) is 61.5 Å². The van der Waals surface area contributed by atoms with Crippen LogP contribution in [0.1, 0.15) is 57.8 Å². The molecule has 0 aromatic rings. The average Bonchev–Trinajstić information content (AvgIpc) is 3.17. The Morgan fingerprint density at radius 2 is 1.41 bits per heavy atom. The molecule has 0 amide bonds. The lowest BCUT2D eigenvalue weighted by molar-refractivity contribution is -0.387. The Balaban J connectivity index is 1.17. The molecule has 0 spiro atoms. The van der Waals surface area contributed by atoms with Crippen LogP contribution in [0, 0.1) is 17.8 Å². The Morgan fingerprint density at radius 3 is 2.12 bits per heavy atom. The Bertz CT molecular complexity index is 1290. The van der Waals surface area contributed by atoms with Crippen molar-refractivity contribution in [2.24, 2.45) is 17.8 Å². The molecule has 3 saturated heterocycles.